The number of thiazole rings is 1. The van der Waals surface area contributed by atoms with Crippen molar-refractivity contribution in [1.29, 1.82) is 5.26 Å². The molecule has 0 saturated heterocycles. The van der Waals surface area contributed by atoms with Gasteiger partial charge in [-0.05, 0) is 67.3 Å². The van der Waals surface area contributed by atoms with Gasteiger partial charge in [-0.2, -0.15) is 5.26 Å². The van der Waals surface area contributed by atoms with Gasteiger partial charge in [0.1, 0.15) is 27.4 Å². The number of thiophene rings is 1. The fraction of sp³-hybridized carbons (Fsp3) is 0.393. The van der Waals surface area contributed by atoms with Crippen molar-refractivity contribution in [2.24, 2.45) is 11.3 Å². The Hall–Kier alpha value is -3.15. The minimum atomic E-state index is -0.311. The molecule has 1 atom stereocenters. The lowest BCUT2D eigenvalue weighted by molar-refractivity contribution is 0.0526. The third-order valence-electron chi connectivity index (χ3n) is 6.56. The normalized spacial score (nSPS) is 15.7. The van der Waals surface area contributed by atoms with Crippen molar-refractivity contribution in [3.63, 3.8) is 0 Å². The van der Waals surface area contributed by atoms with Crippen LogP contribution in [-0.4, -0.2) is 24.7 Å². The third kappa shape index (κ3) is 5.48. The molecule has 1 unspecified atom stereocenters. The highest BCUT2D eigenvalue weighted by molar-refractivity contribution is 7.16. The van der Waals surface area contributed by atoms with Crippen molar-refractivity contribution in [1.82, 2.24) is 4.98 Å². The van der Waals surface area contributed by atoms with E-state index in [0.29, 0.717) is 28.7 Å². The molecular formula is C28H31N3O3S2. The highest BCUT2D eigenvalue weighted by Gasteiger charge is 2.34. The number of nitriles is 1. The molecule has 0 spiro atoms. The number of hydrogen-bond acceptors (Lipinski definition) is 8. The number of carbonyl (C=O) groups excluding carboxylic acids is 1. The number of esters is 1. The maximum absolute atomic E-state index is 12.9. The minimum Gasteiger partial charge on any atom is -0.497 e. The fourth-order valence-corrected chi connectivity index (χ4v) is 6.50. The molecular weight excluding hydrogens is 490 g/mol. The number of anilines is 1. The van der Waals surface area contributed by atoms with Crippen LogP contribution in [0.4, 0.5) is 5.00 Å². The van der Waals surface area contributed by atoms with Crippen molar-refractivity contribution >= 4 is 39.2 Å². The van der Waals surface area contributed by atoms with E-state index in [9.17, 15) is 10.1 Å². The van der Waals surface area contributed by atoms with Crippen LogP contribution in [0.2, 0.25) is 0 Å². The Labute approximate surface area is 220 Å². The summed E-state index contributed by atoms with van der Waals surface area (Å²) < 4.78 is 10.6. The SMILES string of the molecule is CCOC(=O)c1c(N/C=C(/C#N)c2nc(-c3ccc(OC)cc3)cs2)sc2c1CCC(C(C)(C)C)C2. The first-order valence-corrected chi connectivity index (χ1v) is 13.7. The van der Waals surface area contributed by atoms with Crippen LogP contribution < -0.4 is 10.1 Å². The number of aromatic nitrogens is 1. The zero-order valence-corrected chi connectivity index (χ0v) is 22.9. The van der Waals surface area contributed by atoms with Crippen molar-refractivity contribution in [2.45, 2.75) is 47.0 Å². The van der Waals surface area contributed by atoms with Gasteiger partial charge in [0.25, 0.3) is 0 Å². The number of carbonyl (C=O) groups is 1. The molecule has 1 aromatic carbocycles. The van der Waals surface area contributed by atoms with Crippen LogP contribution in [-0.2, 0) is 17.6 Å². The number of fused-ring (bicyclic) bond motifs is 1. The monoisotopic (exact) mass is 521 g/mol. The first-order valence-electron chi connectivity index (χ1n) is 12.0. The number of methoxy groups -OCH3 is 1. The number of benzene rings is 1. The van der Waals surface area contributed by atoms with Crippen molar-refractivity contribution in [2.75, 3.05) is 19.0 Å². The van der Waals surface area contributed by atoms with Crippen LogP contribution in [0.25, 0.3) is 16.8 Å². The second-order valence-electron chi connectivity index (χ2n) is 9.81. The first kappa shape index (κ1) is 25.9. The number of nitrogens with one attached hydrogen (secondary N) is 1. The van der Waals surface area contributed by atoms with E-state index in [1.165, 1.54) is 16.2 Å². The van der Waals surface area contributed by atoms with Crippen molar-refractivity contribution in [3.05, 3.63) is 56.9 Å². The standard InChI is InChI=1S/C28H31N3O3S2/c1-6-34-27(32)24-21-12-9-19(28(2,3)4)13-23(21)36-26(24)30-15-18(14-29)25-31-22(16-35-25)17-7-10-20(33-5)11-8-17/h7-8,10-11,15-16,19,30H,6,9,12-13H2,1-5H3/b18-15-. The highest BCUT2D eigenvalue weighted by atomic mass is 32.1. The molecule has 1 N–H and O–H groups in total. The number of hydrogen-bond donors (Lipinski definition) is 1. The van der Waals surface area contributed by atoms with Crippen LogP contribution in [0.5, 0.6) is 5.75 Å². The Kier molecular flexibility index (Phi) is 7.82. The predicted octanol–water partition coefficient (Wildman–Crippen LogP) is 7.18. The van der Waals surface area contributed by atoms with Gasteiger partial charge < -0.3 is 14.8 Å². The molecule has 1 aliphatic carbocycles. The highest BCUT2D eigenvalue weighted by Crippen LogP contribution is 2.44. The van der Waals surface area contributed by atoms with E-state index >= 15 is 0 Å². The maximum Gasteiger partial charge on any atom is 0.341 e. The van der Waals surface area contributed by atoms with E-state index in [0.717, 1.165) is 46.8 Å². The van der Waals surface area contributed by atoms with Gasteiger partial charge in [-0.3, -0.25) is 0 Å². The second kappa shape index (κ2) is 10.9. The zero-order valence-electron chi connectivity index (χ0n) is 21.3. The molecule has 0 bridgehead atoms. The number of nitrogens with zero attached hydrogens (tertiary/aromatic N) is 2. The molecule has 8 heteroatoms. The van der Waals surface area contributed by atoms with Gasteiger partial charge in [0.15, 0.2) is 0 Å². The summed E-state index contributed by atoms with van der Waals surface area (Å²) in [5.74, 6) is 1.03. The zero-order chi connectivity index (χ0) is 25.9. The Morgan fingerprint density at radius 1 is 1.31 bits per heavy atom. The van der Waals surface area contributed by atoms with Gasteiger partial charge in [0.05, 0.1) is 25.0 Å². The predicted molar refractivity (Wildman–Crippen MR) is 147 cm³/mol. The topological polar surface area (TPSA) is 84.2 Å². The lowest BCUT2D eigenvalue weighted by Gasteiger charge is -2.33. The minimum absolute atomic E-state index is 0.208. The van der Waals surface area contributed by atoms with E-state index in [2.05, 4.69) is 37.1 Å². The quantitative estimate of drug-likeness (QED) is 0.262. The number of allylic oxidation sites excluding steroid dienone is 1. The summed E-state index contributed by atoms with van der Waals surface area (Å²) in [4.78, 5) is 18.8. The molecule has 0 radical (unpaired) electrons. The van der Waals surface area contributed by atoms with E-state index in [-0.39, 0.29) is 11.4 Å². The molecule has 4 rings (SSSR count). The first-order chi connectivity index (χ1) is 17.2. The van der Waals surface area contributed by atoms with Gasteiger partial charge in [-0.1, -0.05) is 20.8 Å². The van der Waals surface area contributed by atoms with Gasteiger partial charge >= 0.3 is 5.97 Å². The van der Waals surface area contributed by atoms with Crippen LogP contribution in [0.1, 0.15) is 59.9 Å². The van der Waals surface area contributed by atoms with Gasteiger partial charge in [-0.25, -0.2) is 9.78 Å². The Morgan fingerprint density at radius 2 is 2.06 bits per heavy atom. The molecule has 0 amide bonds. The average Bonchev–Trinajstić information content (AvgIpc) is 3.49. The van der Waals surface area contributed by atoms with Crippen molar-refractivity contribution in [3.8, 4) is 23.1 Å². The van der Waals surface area contributed by atoms with E-state index < -0.39 is 0 Å². The summed E-state index contributed by atoms with van der Waals surface area (Å²) >= 11 is 3.00. The average molecular weight is 522 g/mol. The number of ether oxygens (including phenoxy) is 2. The molecule has 2 aromatic heterocycles. The largest absolute Gasteiger partial charge is 0.497 e. The molecule has 0 fully saturated rings. The smallest absolute Gasteiger partial charge is 0.341 e. The van der Waals surface area contributed by atoms with Crippen molar-refractivity contribution < 1.29 is 14.3 Å². The summed E-state index contributed by atoms with van der Waals surface area (Å²) in [6.07, 6.45) is 4.50. The van der Waals surface area contributed by atoms with E-state index in [1.807, 2.05) is 36.6 Å². The summed E-state index contributed by atoms with van der Waals surface area (Å²) in [6.45, 7) is 8.96. The lowest BCUT2D eigenvalue weighted by atomic mass is 9.72. The second-order valence-corrected chi connectivity index (χ2v) is 11.8. The Balaban J connectivity index is 1.62. The molecule has 6 nitrogen and oxygen atoms in total. The fourth-order valence-electron chi connectivity index (χ4n) is 4.42. The number of rotatable bonds is 7. The lowest BCUT2D eigenvalue weighted by Crippen LogP contribution is -2.26. The summed E-state index contributed by atoms with van der Waals surface area (Å²) in [6, 6.07) is 9.91. The molecule has 1 aliphatic rings. The molecule has 188 valence electrons. The summed E-state index contributed by atoms with van der Waals surface area (Å²) in [7, 11) is 1.63. The summed E-state index contributed by atoms with van der Waals surface area (Å²) in [5.41, 5.74) is 4.06. The third-order valence-corrected chi connectivity index (χ3v) is 8.62. The Bertz CT molecular complexity index is 1310. The molecule has 0 saturated carbocycles. The maximum atomic E-state index is 12.9. The van der Waals surface area contributed by atoms with E-state index in [1.54, 1.807) is 24.6 Å². The van der Waals surface area contributed by atoms with Gasteiger partial charge in [0.2, 0.25) is 0 Å². The summed E-state index contributed by atoms with van der Waals surface area (Å²) in [5, 5.41) is 16.4. The van der Waals surface area contributed by atoms with E-state index in [4.69, 9.17) is 9.47 Å². The van der Waals surface area contributed by atoms with Crippen LogP contribution >= 0.6 is 22.7 Å². The van der Waals surface area contributed by atoms with Crippen LogP contribution in [0.15, 0.2) is 35.8 Å². The van der Waals surface area contributed by atoms with Crippen LogP contribution in [0.3, 0.4) is 0 Å². The van der Waals surface area contributed by atoms with Crippen LogP contribution in [0, 0.1) is 22.7 Å². The Morgan fingerprint density at radius 3 is 2.69 bits per heavy atom. The van der Waals surface area contributed by atoms with Gasteiger partial charge in [0, 0.05) is 22.0 Å². The molecule has 36 heavy (non-hydrogen) atoms. The van der Waals surface area contributed by atoms with Gasteiger partial charge in [-0.15, -0.1) is 22.7 Å². The molecule has 2 heterocycles. The molecule has 3 aromatic rings. The molecule has 0 aliphatic heterocycles.